The Morgan fingerprint density at radius 3 is 2.66 bits per heavy atom. The first-order valence-electron chi connectivity index (χ1n) is 14.5. The fourth-order valence-electron chi connectivity index (χ4n) is 6.05. The number of hydrogen-bond donors (Lipinski definition) is 0. The third-order valence-electron chi connectivity index (χ3n) is 8.29. The Hall–Kier alpha value is -3.61. The van der Waals surface area contributed by atoms with Crippen molar-refractivity contribution in [2.75, 3.05) is 69.5 Å². The Kier molecular flexibility index (Phi) is 9.81. The minimum absolute atomic E-state index is 0.0262. The number of fused-ring (bicyclic) bond motifs is 1. The Bertz CT molecular complexity index is 1370. The van der Waals surface area contributed by atoms with Gasteiger partial charge >= 0.3 is 12.2 Å². The molecule has 0 N–H and O–H groups in total. The number of anilines is 2. The highest BCUT2D eigenvalue weighted by molar-refractivity contribution is 5.58. The van der Waals surface area contributed by atoms with Gasteiger partial charge in [0.2, 0.25) is 0 Å². The largest absolute Gasteiger partial charge is 0.462 e. The summed E-state index contributed by atoms with van der Waals surface area (Å²) >= 11 is 0. The van der Waals surface area contributed by atoms with E-state index in [0.29, 0.717) is 70.1 Å². The standard InChI is InChI=1S/C29H35F5N8O2/c1-3-10-43-18-42-9-8-41(15-20(42)4-6-35)27-22-5-7-40(25-13-36-12-23(31)26(25)29(32,33)34)16-24(22)37-28(38-27)44-17-21-11-19(30)14-39(21)2/h3,12-13,19-21H,1,4-5,7-11,14-18H2,2H3/t19-,20+,21+/m1/s1. The van der Waals surface area contributed by atoms with Gasteiger partial charge in [0.15, 0.2) is 5.82 Å². The molecule has 0 saturated carbocycles. The van der Waals surface area contributed by atoms with E-state index in [4.69, 9.17) is 14.5 Å². The zero-order valence-corrected chi connectivity index (χ0v) is 24.4. The van der Waals surface area contributed by atoms with Crippen LogP contribution in [0, 0.1) is 17.1 Å². The monoisotopic (exact) mass is 622 g/mol. The fraction of sp³-hybridized carbons (Fsp3) is 0.586. The molecule has 10 nitrogen and oxygen atoms in total. The highest BCUT2D eigenvalue weighted by Crippen LogP contribution is 2.40. The number of nitriles is 1. The molecule has 0 bridgehead atoms. The van der Waals surface area contributed by atoms with E-state index < -0.39 is 23.7 Å². The molecule has 2 aromatic rings. The molecule has 44 heavy (non-hydrogen) atoms. The number of alkyl halides is 4. The summed E-state index contributed by atoms with van der Waals surface area (Å²) in [6.07, 6.45) is -1.81. The van der Waals surface area contributed by atoms with E-state index in [1.165, 1.54) is 4.90 Å². The molecule has 0 unspecified atom stereocenters. The summed E-state index contributed by atoms with van der Waals surface area (Å²) in [5, 5.41) is 9.51. The molecule has 0 aromatic carbocycles. The van der Waals surface area contributed by atoms with Gasteiger partial charge in [0.05, 0.1) is 56.1 Å². The summed E-state index contributed by atoms with van der Waals surface area (Å²) in [6, 6.07) is 1.92. The first-order chi connectivity index (χ1) is 21.1. The van der Waals surface area contributed by atoms with E-state index in [2.05, 4.69) is 27.5 Å². The molecular weight excluding hydrogens is 587 g/mol. The van der Waals surface area contributed by atoms with Gasteiger partial charge in [0, 0.05) is 50.4 Å². The van der Waals surface area contributed by atoms with E-state index in [1.54, 1.807) is 6.08 Å². The second-order valence-electron chi connectivity index (χ2n) is 11.2. The van der Waals surface area contributed by atoms with Crippen LogP contribution in [0.1, 0.15) is 29.7 Å². The molecule has 3 aliphatic rings. The first kappa shape index (κ1) is 31.8. The number of nitrogens with zero attached hydrogens (tertiary/aromatic N) is 8. The average Bonchev–Trinajstić information content (AvgIpc) is 3.31. The Labute approximate surface area is 252 Å². The molecule has 2 fully saturated rings. The molecule has 2 saturated heterocycles. The van der Waals surface area contributed by atoms with Gasteiger partial charge in [-0.15, -0.1) is 6.58 Å². The van der Waals surface area contributed by atoms with Gasteiger partial charge < -0.3 is 19.3 Å². The Balaban J connectivity index is 1.45. The van der Waals surface area contributed by atoms with Crippen LogP contribution in [0.3, 0.4) is 0 Å². The summed E-state index contributed by atoms with van der Waals surface area (Å²) in [5.74, 6) is -0.866. The van der Waals surface area contributed by atoms with Crippen molar-refractivity contribution in [3.63, 3.8) is 0 Å². The molecule has 5 heterocycles. The second kappa shape index (κ2) is 13.6. The first-order valence-corrected chi connectivity index (χ1v) is 14.5. The van der Waals surface area contributed by atoms with Gasteiger partial charge in [-0.3, -0.25) is 14.8 Å². The van der Waals surface area contributed by atoms with E-state index >= 15 is 0 Å². The number of piperazine rings is 1. The lowest BCUT2D eigenvalue weighted by Gasteiger charge is -2.42. The molecule has 0 spiro atoms. The van der Waals surface area contributed by atoms with Crippen LogP contribution in [-0.2, 0) is 23.9 Å². The number of likely N-dealkylation sites (N-methyl/N-ethyl adjacent to an activating group) is 1. The zero-order valence-electron chi connectivity index (χ0n) is 24.4. The fourth-order valence-corrected chi connectivity index (χ4v) is 6.05. The number of rotatable bonds is 10. The highest BCUT2D eigenvalue weighted by atomic mass is 19.4. The minimum atomic E-state index is -4.92. The van der Waals surface area contributed by atoms with Crippen LogP contribution in [0.5, 0.6) is 6.01 Å². The molecular formula is C29H35F5N8O2. The Morgan fingerprint density at radius 2 is 1.95 bits per heavy atom. The third kappa shape index (κ3) is 7.03. The predicted octanol–water partition coefficient (Wildman–Crippen LogP) is 3.58. The number of likely N-dealkylation sites (tertiary alicyclic amines) is 1. The zero-order chi connectivity index (χ0) is 31.4. The Morgan fingerprint density at radius 1 is 1.14 bits per heavy atom. The van der Waals surface area contributed by atoms with E-state index in [9.17, 15) is 27.2 Å². The minimum Gasteiger partial charge on any atom is -0.462 e. The molecule has 0 radical (unpaired) electrons. The molecule has 0 amide bonds. The van der Waals surface area contributed by atoms with Crippen molar-refractivity contribution in [3.05, 3.63) is 47.7 Å². The number of halogens is 5. The summed E-state index contributed by atoms with van der Waals surface area (Å²) in [4.78, 5) is 20.4. The van der Waals surface area contributed by atoms with Crippen molar-refractivity contribution in [3.8, 4) is 12.1 Å². The summed E-state index contributed by atoms with van der Waals surface area (Å²) in [7, 11) is 1.81. The van der Waals surface area contributed by atoms with Crippen LogP contribution in [0.15, 0.2) is 25.0 Å². The molecule has 5 rings (SSSR count). The van der Waals surface area contributed by atoms with Crippen molar-refractivity contribution >= 4 is 11.5 Å². The van der Waals surface area contributed by atoms with Gasteiger partial charge in [-0.05, 0) is 19.9 Å². The third-order valence-corrected chi connectivity index (χ3v) is 8.29. The van der Waals surface area contributed by atoms with E-state index in [-0.39, 0.29) is 49.9 Å². The number of pyridine rings is 1. The maximum Gasteiger partial charge on any atom is 0.421 e. The normalized spacial score (nSPS) is 23.0. The summed E-state index contributed by atoms with van der Waals surface area (Å²) in [6.45, 7) is 6.50. The van der Waals surface area contributed by atoms with E-state index in [1.807, 2.05) is 16.8 Å². The van der Waals surface area contributed by atoms with Crippen molar-refractivity contribution in [2.45, 2.75) is 50.2 Å². The SMILES string of the molecule is C=CCOCN1CCN(c2nc(OC[C@@H]3C[C@@H](F)CN3C)nc3c2CCN(c2cncc(F)c2C(F)(F)F)C3)C[C@@H]1CC#N. The predicted molar refractivity (Wildman–Crippen MR) is 151 cm³/mol. The number of aromatic nitrogens is 3. The van der Waals surface area contributed by atoms with Gasteiger partial charge in [-0.2, -0.15) is 28.4 Å². The van der Waals surface area contributed by atoms with Gasteiger partial charge in [-0.25, -0.2) is 8.78 Å². The molecule has 0 aliphatic carbocycles. The second-order valence-corrected chi connectivity index (χ2v) is 11.2. The van der Waals surface area contributed by atoms with Crippen LogP contribution in [0.2, 0.25) is 0 Å². The van der Waals surface area contributed by atoms with Crippen molar-refractivity contribution in [2.24, 2.45) is 0 Å². The lowest BCUT2D eigenvalue weighted by Crippen LogP contribution is -2.54. The van der Waals surface area contributed by atoms with Crippen molar-refractivity contribution in [1.29, 1.82) is 5.26 Å². The van der Waals surface area contributed by atoms with Crippen molar-refractivity contribution < 1.29 is 31.4 Å². The molecule has 15 heteroatoms. The van der Waals surface area contributed by atoms with Gasteiger partial charge in [-0.1, -0.05) is 6.08 Å². The quantitative estimate of drug-likeness (QED) is 0.223. The van der Waals surface area contributed by atoms with Crippen LogP contribution in [0.25, 0.3) is 0 Å². The molecule has 3 atom stereocenters. The van der Waals surface area contributed by atoms with Crippen LogP contribution in [-0.4, -0.2) is 103 Å². The maximum atomic E-state index is 14.4. The summed E-state index contributed by atoms with van der Waals surface area (Å²) in [5.41, 5.74) is -0.541. The lowest BCUT2D eigenvalue weighted by atomic mass is 10.0. The van der Waals surface area contributed by atoms with Gasteiger partial charge in [0.25, 0.3) is 0 Å². The van der Waals surface area contributed by atoms with Crippen LogP contribution < -0.4 is 14.5 Å². The van der Waals surface area contributed by atoms with Crippen LogP contribution in [0.4, 0.5) is 33.5 Å². The smallest absolute Gasteiger partial charge is 0.421 e. The van der Waals surface area contributed by atoms with Gasteiger partial charge in [0.1, 0.15) is 24.2 Å². The highest BCUT2D eigenvalue weighted by Gasteiger charge is 2.40. The lowest BCUT2D eigenvalue weighted by molar-refractivity contribution is -0.139. The number of hydrogen-bond acceptors (Lipinski definition) is 10. The molecule has 3 aliphatic heterocycles. The van der Waals surface area contributed by atoms with Crippen LogP contribution >= 0.6 is 0 Å². The topological polar surface area (TPSA) is 93.9 Å². The average molecular weight is 623 g/mol. The molecule has 2 aromatic heterocycles. The molecule has 238 valence electrons. The van der Waals surface area contributed by atoms with E-state index in [0.717, 1.165) is 11.8 Å². The maximum absolute atomic E-state index is 14.4. The van der Waals surface area contributed by atoms with Crippen molar-refractivity contribution in [1.82, 2.24) is 24.8 Å². The summed E-state index contributed by atoms with van der Waals surface area (Å²) < 4.78 is 81.5. The number of ether oxygens (including phenoxy) is 2.